The summed E-state index contributed by atoms with van der Waals surface area (Å²) in [5.41, 5.74) is 1.16. The van der Waals surface area contributed by atoms with Gasteiger partial charge in [-0.25, -0.2) is 18.5 Å². The minimum Gasteiger partial charge on any atom is -0.486 e. The van der Waals surface area contributed by atoms with Crippen molar-refractivity contribution in [1.29, 1.82) is 0 Å². The van der Waals surface area contributed by atoms with Crippen molar-refractivity contribution in [3.05, 3.63) is 42.1 Å². The number of pyridine rings is 1. The molecule has 1 aromatic heterocycles. The van der Waals surface area contributed by atoms with Gasteiger partial charge in [0.05, 0.1) is 6.54 Å². The number of anilines is 1. The molecule has 2 aliphatic rings. The summed E-state index contributed by atoms with van der Waals surface area (Å²) >= 11 is 0. The number of ether oxygens (including phenoxy) is 2. The maximum atomic E-state index is 11.4. The standard InChI is InChI=1S/C17H19N3O4S/c18-25(21,22)13-4-6-17(19-11-13)20-7-1-2-14(20)12-3-5-15-16(10-12)24-9-8-23-15/h3-6,10-11,14H,1-2,7-9H2,(H2,18,21,22)/p+1/t14-/m1/s1. The molecule has 3 heterocycles. The summed E-state index contributed by atoms with van der Waals surface area (Å²) in [5, 5.41) is 5.16. The van der Waals surface area contributed by atoms with E-state index in [1.165, 1.54) is 12.3 Å². The van der Waals surface area contributed by atoms with Gasteiger partial charge in [0.2, 0.25) is 10.0 Å². The number of aromatic amines is 1. The molecule has 25 heavy (non-hydrogen) atoms. The first-order valence-electron chi connectivity index (χ1n) is 8.23. The van der Waals surface area contributed by atoms with Crippen LogP contribution in [0.25, 0.3) is 0 Å². The molecular formula is C17H20N3O4S+. The Labute approximate surface area is 146 Å². The lowest BCUT2D eigenvalue weighted by Crippen LogP contribution is -2.29. The van der Waals surface area contributed by atoms with E-state index in [4.69, 9.17) is 14.6 Å². The second kappa shape index (κ2) is 6.20. The lowest BCUT2D eigenvalue weighted by Gasteiger charge is -2.23. The molecule has 0 saturated carbocycles. The van der Waals surface area contributed by atoms with Crippen LogP contribution >= 0.6 is 0 Å². The predicted octanol–water partition coefficient (Wildman–Crippen LogP) is 1.26. The molecule has 4 rings (SSSR count). The summed E-state index contributed by atoms with van der Waals surface area (Å²) in [4.78, 5) is 5.37. The fourth-order valence-corrected chi connectivity index (χ4v) is 3.91. The summed E-state index contributed by atoms with van der Waals surface area (Å²) in [5.74, 6) is 2.43. The minimum atomic E-state index is -3.70. The van der Waals surface area contributed by atoms with Gasteiger partial charge in [0.15, 0.2) is 11.5 Å². The maximum Gasteiger partial charge on any atom is 0.274 e. The number of H-pyrrole nitrogens is 1. The highest BCUT2D eigenvalue weighted by atomic mass is 32.2. The highest BCUT2D eigenvalue weighted by Crippen LogP contribution is 2.39. The van der Waals surface area contributed by atoms with Gasteiger partial charge < -0.3 is 9.47 Å². The van der Waals surface area contributed by atoms with Crippen molar-refractivity contribution in [1.82, 2.24) is 0 Å². The molecule has 7 nitrogen and oxygen atoms in total. The summed E-state index contributed by atoms with van der Waals surface area (Å²) in [6.07, 6.45) is 3.51. The Hall–Kier alpha value is -2.32. The number of nitrogens with two attached hydrogens (primary N) is 1. The van der Waals surface area contributed by atoms with E-state index in [1.807, 2.05) is 12.1 Å². The number of rotatable bonds is 3. The Bertz CT molecular complexity index is 883. The number of hydrogen-bond donors (Lipinski definition) is 1. The molecule has 0 spiro atoms. The Morgan fingerprint density at radius 2 is 1.92 bits per heavy atom. The summed E-state index contributed by atoms with van der Waals surface area (Å²) < 4.78 is 34.1. The van der Waals surface area contributed by atoms with Crippen molar-refractivity contribution in [2.75, 3.05) is 24.7 Å². The van der Waals surface area contributed by atoms with Crippen LogP contribution in [-0.2, 0) is 10.0 Å². The highest BCUT2D eigenvalue weighted by molar-refractivity contribution is 7.89. The Morgan fingerprint density at radius 1 is 1.12 bits per heavy atom. The fourth-order valence-electron chi connectivity index (χ4n) is 3.43. The van der Waals surface area contributed by atoms with E-state index >= 15 is 0 Å². The van der Waals surface area contributed by atoms with Crippen LogP contribution < -0.4 is 24.5 Å². The van der Waals surface area contributed by atoms with Crippen LogP contribution in [-0.4, -0.2) is 28.2 Å². The second-order valence-corrected chi connectivity index (χ2v) is 7.77. The molecule has 1 fully saturated rings. The van der Waals surface area contributed by atoms with E-state index in [0.717, 1.165) is 42.3 Å². The smallest absolute Gasteiger partial charge is 0.274 e. The molecule has 2 aromatic rings. The van der Waals surface area contributed by atoms with Crippen LogP contribution in [0.5, 0.6) is 11.5 Å². The number of benzene rings is 1. The first-order valence-corrected chi connectivity index (χ1v) is 9.78. The Kier molecular flexibility index (Phi) is 4.01. The zero-order chi connectivity index (χ0) is 17.4. The zero-order valence-corrected chi connectivity index (χ0v) is 14.5. The summed E-state index contributed by atoms with van der Waals surface area (Å²) in [7, 11) is -3.70. The van der Waals surface area contributed by atoms with Gasteiger partial charge in [0, 0.05) is 11.6 Å². The molecule has 3 N–H and O–H groups in total. The average Bonchev–Trinajstić information content (AvgIpc) is 3.10. The lowest BCUT2D eigenvalue weighted by atomic mass is 10.0. The van der Waals surface area contributed by atoms with Crippen molar-refractivity contribution in [2.24, 2.45) is 5.14 Å². The molecule has 132 valence electrons. The molecule has 0 aliphatic carbocycles. The van der Waals surface area contributed by atoms with Gasteiger partial charge in [-0.3, -0.25) is 4.90 Å². The van der Waals surface area contributed by atoms with Crippen molar-refractivity contribution in [3.8, 4) is 11.5 Å². The van der Waals surface area contributed by atoms with Crippen LogP contribution in [0, 0.1) is 0 Å². The maximum absolute atomic E-state index is 11.4. The number of fused-ring (bicyclic) bond motifs is 1. The van der Waals surface area contributed by atoms with Gasteiger partial charge >= 0.3 is 0 Å². The normalized spacial score (nSPS) is 19.9. The monoisotopic (exact) mass is 362 g/mol. The van der Waals surface area contributed by atoms with Crippen LogP contribution in [0.15, 0.2) is 41.4 Å². The predicted molar refractivity (Wildman–Crippen MR) is 91.1 cm³/mol. The minimum absolute atomic E-state index is 0.0753. The van der Waals surface area contributed by atoms with Gasteiger partial charge in [-0.05, 0) is 31.0 Å². The molecule has 2 aliphatic heterocycles. The molecule has 1 aromatic carbocycles. The van der Waals surface area contributed by atoms with E-state index < -0.39 is 10.0 Å². The number of sulfonamides is 1. The number of hydrogen-bond acceptors (Lipinski definition) is 5. The number of aromatic nitrogens is 1. The van der Waals surface area contributed by atoms with Crippen LogP contribution in [0.2, 0.25) is 0 Å². The van der Waals surface area contributed by atoms with Gasteiger partial charge in [-0.2, -0.15) is 0 Å². The first-order chi connectivity index (χ1) is 12.0. The quantitative estimate of drug-likeness (QED) is 0.887. The van der Waals surface area contributed by atoms with E-state index in [9.17, 15) is 8.42 Å². The number of primary sulfonamides is 1. The zero-order valence-electron chi connectivity index (χ0n) is 13.6. The van der Waals surface area contributed by atoms with E-state index in [1.54, 1.807) is 6.07 Å². The third-order valence-corrected chi connectivity index (χ3v) is 5.52. The molecule has 1 saturated heterocycles. The van der Waals surface area contributed by atoms with Crippen LogP contribution in [0.4, 0.5) is 5.82 Å². The summed E-state index contributed by atoms with van der Waals surface area (Å²) in [6.45, 7) is 2.03. The Balaban J connectivity index is 1.62. The molecule has 0 unspecified atom stereocenters. The Morgan fingerprint density at radius 3 is 2.64 bits per heavy atom. The summed E-state index contributed by atoms with van der Waals surface area (Å²) in [6, 6.07) is 9.54. The van der Waals surface area contributed by atoms with Crippen molar-refractivity contribution < 1.29 is 22.9 Å². The highest BCUT2D eigenvalue weighted by Gasteiger charge is 2.34. The molecule has 0 bridgehead atoms. The second-order valence-electron chi connectivity index (χ2n) is 6.21. The molecule has 0 amide bonds. The van der Waals surface area contributed by atoms with Crippen molar-refractivity contribution in [3.63, 3.8) is 0 Å². The third kappa shape index (κ3) is 3.14. The number of nitrogens with one attached hydrogen (secondary N) is 1. The van der Waals surface area contributed by atoms with Crippen LogP contribution in [0.1, 0.15) is 24.4 Å². The fraction of sp³-hybridized carbons (Fsp3) is 0.353. The van der Waals surface area contributed by atoms with Crippen LogP contribution in [0.3, 0.4) is 0 Å². The van der Waals surface area contributed by atoms with Gasteiger partial charge in [0.1, 0.15) is 30.3 Å². The van der Waals surface area contributed by atoms with Gasteiger partial charge in [-0.15, -0.1) is 0 Å². The van der Waals surface area contributed by atoms with E-state index in [0.29, 0.717) is 13.2 Å². The average molecular weight is 362 g/mol. The SMILES string of the molecule is NS(=O)(=O)c1ccc(N2CCC[C@@H]2c2ccc3c(c2)OCCO3)[nH+]c1. The largest absolute Gasteiger partial charge is 0.486 e. The molecule has 0 radical (unpaired) electrons. The molecular weight excluding hydrogens is 342 g/mol. The van der Waals surface area contributed by atoms with Gasteiger partial charge in [-0.1, -0.05) is 6.07 Å². The molecule has 1 atom stereocenters. The molecule has 8 heteroatoms. The third-order valence-electron chi connectivity index (χ3n) is 4.61. The first kappa shape index (κ1) is 16.2. The van der Waals surface area contributed by atoms with E-state index in [-0.39, 0.29) is 10.9 Å². The number of nitrogens with zero attached hydrogens (tertiary/aromatic N) is 1. The van der Waals surface area contributed by atoms with Crippen molar-refractivity contribution in [2.45, 2.75) is 23.8 Å². The van der Waals surface area contributed by atoms with Crippen molar-refractivity contribution >= 4 is 15.8 Å². The van der Waals surface area contributed by atoms with E-state index in [2.05, 4.69) is 16.0 Å². The van der Waals surface area contributed by atoms with Gasteiger partial charge in [0.25, 0.3) is 5.82 Å². The lowest BCUT2D eigenvalue weighted by molar-refractivity contribution is -0.367. The topological polar surface area (TPSA) is 96.0 Å².